The van der Waals surface area contributed by atoms with Crippen LogP contribution < -0.4 is 5.43 Å². The van der Waals surface area contributed by atoms with Gasteiger partial charge in [0.1, 0.15) is 0 Å². The van der Waals surface area contributed by atoms with E-state index in [1.807, 2.05) is 11.8 Å². The first-order valence-corrected chi connectivity index (χ1v) is 7.34. The van der Waals surface area contributed by atoms with Gasteiger partial charge in [0.2, 0.25) is 0 Å². The van der Waals surface area contributed by atoms with E-state index in [1.165, 1.54) is 6.42 Å². The zero-order valence-corrected chi connectivity index (χ0v) is 11.8. The van der Waals surface area contributed by atoms with Crippen LogP contribution in [0.3, 0.4) is 0 Å². The number of rotatable bonds is 1. The minimum Gasteiger partial charge on any atom is -0.379 e. The Kier molecular flexibility index (Phi) is 4.33. The molecule has 2 rings (SSSR count). The molecule has 1 N–H and O–H groups in total. The number of amidine groups is 1. The number of hydrogen-bond acceptors (Lipinski definition) is 5. The molecule has 1 fully saturated rings. The SMILES string of the molecule is CC(C)(C)C1CCSC(NN2CCOCC2)=N1. The van der Waals surface area contributed by atoms with Crippen molar-refractivity contribution in [1.29, 1.82) is 0 Å². The maximum Gasteiger partial charge on any atom is 0.171 e. The molecule has 2 aliphatic heterocycles. The molecule has 0 spiro atoms. The molecular formula is C12H23N3OS. The summed E-state index contributed by atoms with van der Waals surface area (Å²) in [4.78, 5) is 4.83. The molecule has 1 saturated heterocycles. The summed E-state index contributed by atoms with van der Waals surface area (Å²) in [5, 5.41) is 3.29. The van der Waals surface area contributed by atoms with Crippen molar-refractivity contribution in [3.63, 3.8) is 0 Å². The van der Waals surface area contributed by atoms with E-state index >= 15 is 0 Å². The van der Waals surface area contributed by atoms with Crippen LogP contribution in [0.2, 0.25) is 0 Å². The number of nitrogens with zero attached hydrogens (tertiary/aromatic N) is 2. The van der Waals surface area contributed by atoms with E-state index in [0.717, 1.165) is 37.2 Å². The largest absolute Gasteiger partial charge is 0.379 e. The molecule has 1 unspecified atom stereocenters. The third kappa shape index (κ3) is 3.86. The van der Waals surface area contributed by atoms with Crippen molar-refractivity contribution in [3.05, 3.63) is 0 Å². The molecule has 0 aromatic heterocycles. The van der Waals surface area contributed by atoms with Crippen LogP contribution in [0.5, 0.6) is 0 Å². The van der Waals surface area contributed by atoms with Crippen molar-refractivity contribution in [3.8, 4) is 0 Å². The molecule has 0 aromatic carbocycles. The molecule has 0 aliphatic carbocycles. The lowest BCUT2D eigenvalue weighted by atomic mass is 9.85. The van der Waals surface area contributed by atoms with Gasteiger partial charge in [0.15, 0.2) is 5.17 Å². The van der Waals surface area contributed by atoms with E-state index in [0.29, 0.717) is 6.04 Å². The Labute approximate surface area is 108 Å². The summed E-state index contributed by atoms with van der Waals surface area (Å²) in [6.07, 6.45) is 1.18. The van der Waals surface area contributed by atoms with Gasteiger partial charge in [0.05, 0.1) is 19.3 Å². The van der Waals surface area contributed by atoms with Gasteiger partial charge in [-0.05, 0) is 11.8 Å². The zero-order chi connectivity index (χ0) is 12.3. The summed E-state index contributed by atoms with van der Waals surface area (Å²) in [5.74, 6) is 1.16. The summed E-state index contributed by atoms with van der Waals surface area (Å²) >= 11 is 1.83. The average Bonchev–Trinajstić information content (AvgIpc) is 2.29. The number of morpholine rings is 1. The maximum absolute atomic E-state index is 5.34. The molecule has 5 heteroatoms. The first-order chi connectivity index (χ1) is 8.05. The highest BCUT2D eigenvalue weighted by Gasteiger charge is 2.27. The molecule has 0 amide bonds. The normalized spacial score (nSPS) is 27.7. The molecule has 1 atom stereocenters. The highest BCUT2D eigenvalue weighted by Crippen LogP contribution is 2.30. The Hall–Kier alpha value is -0.260. The van der Waals surface area contributed by atoms with Crippen LogP contribution >= 0.6 is 11.8 Å². The van der Waals surface area contributed by atoms with E-state index in [9.17, 15) is 0 Å². The third-order valence-electron chi connectivity index (χ3n) is 3.17. The second-order valence-electron chi connectivity index (χ2n) is 5.66. The predicted octanol–water partition coefficient (Wildman–Crippen LogP) is 1.73. The van der Waals surface area contributed by atoms with Crippen molar-refractivity contribution in [1.82, 2.24) is 10.4 Å². The third-order valence-corrected chi connectivity index (χ3v) is 4.08. The number of aliphatic imine (C=N–C) groups is 1. The molecule has 2 heterocycles. The second kappa shape index (κ2) is 5.59. The van der Waals surface area contributed by atoms with Crippen molar-refractivity contribution in [2.75, 3.05) is 32.1 Å². The highest BCUT2D eigenvalue weighted by molar-refractivity contribution is 8.13. The van der Waals surface area contributed by atoms with Gasteiger partial charge in [0.25, 0.3) is 0 Å². The van der Waals surface area contributed by atoms with Crippen LogP contribution in [0.25, 0.3) is 0 Å². The second-order valence-corrected chi connectivity index (χ2v) is 6.75. The fraction of sp³-hybridized carbons (Fsp3) is 0.917. The topological polar surface area (TPSA) is 36.9 Å². The van der Waals surface area contributed by atoms with Crippen LogP contribution in [0, 0.1) is 5.41 Å². The molecular weight excluding hydrogens is 234 g/mol. The van der Waals surface area contributed by atoms with Crippen LogP contribution in [0.15, 0.2) is 4.99 Å². The maximum atomic E-state index is 5.34. The Balaban J connectivity index is 1.93. The lowest BCUT2D eigenvalue weighted by Crippen LogP contribution is -2.48. The molecule has 17 heavy (non-hydrogen) atoms. The van der Waals surface area contributed by atoms with E-state index in [1.54, 1.807) is 0 Å². The molecule has 2 aliphatic rings. The minimum absolute atomic E-state index is 0.263. The highest BCUT2D eigenvalue weighted by atomic mass is 32.2. The van der Waals surface area contributed by atoms with E-state index < -0.39 is 0 Å². The predicted molar refractivity (Wildman–Crippen MR) is 73.3 cm³/mol. The van der Waals surface area contributed by atoms with Gasteiger partial charge in [-0.1, -0.05) is 32.5 Å². The van der Waals surface area contributed by atoms with Gasteiger partial charge < -0.3 is 4.74 Å². The first-order valence-electron chi connectivity index (χ1n) is 6.35. The monoisotopic (exact) mass is 257 g/mol. The smallest absolute Gasteiger partial charge is 0.171 e. The number of nitrogens with one attached hydrogen (secondary N) is 1. The van der Waals surface area contributed by atoms with Crippen LogP contribution in [-0.2, 0) is 4.74 Å². The quantitative estimate of drug-likeness (QED) is 0.776. The number of thioether (sulfide) groups is 1. The number of hydrazine groups is 1. The first kappa shape index (κ1) is 13.2. The van der Waals surface area contributed by atoms with E-state index in [2.05, 4.69) is 31.2 Å². The fourth-order valence-electron chi connectivity index (χ4n) is 2.01. The summed E-state index contributed by atoms with van der Waals surface area (Å²) in [5.41, 5.74) is 3.69. The zero-order valence-electron chi connectivity index (χ0n) is 11.0. The molecule has 4 nitrogen and oxygen atoms in total. The Morgan fingerprint density at radius 1 is 1.35 bits per heavy atom. The van der Waals surface area contributed by atoms with Crippen LogP contribution in [0.4, 0.5) is 0 Å². The number of ether oxygens (including phenoxy) is 1. The Morgan fingerprint density at radius 2 is 2.06 bits per heavy atom. The lowest BCUT2D eigenvalue weighted by Gasteiger charge is -2.34. The van der Waals surface area contributed by atoms with Gasteiger partial charge >= 0.3 is 0 Å². The molecule has 0 bridgehead atoms. The molecule has 0 aromatic rings. The molecule has 0 radical (unpaired) electrons. The van der Waals surface area contributed by atoms with Crippen LogP contribution in [-0.4, -0.2) is 48.3 Å². The van der Waals surface area contributed by atoms with Gasteiger partial charge in [-0.3, -0.25) is 10.4 Å². The van der Waals surface area contributed by atoms with Gasteiger partial charge in [0, 0.05) is 18.8 Å². The Bertz CT molecular complexity index is 282. The van der Waals surface area contributed by atoms with Crippen molar-refractivity contribution < 1.29 is 4.74 Å². The van der Waals surface area contributed by atoms with Gasteiger partial charge in [-0.25, -0.2) is 5.01 Å². The summed E-state index contributed by atoms with van der Waals surface area (Å²) in [6.45, 7) is 10.3. The van der Waals surface area contributed by atoms with E-state index in [-0.39, 0.29) is 5.41 Å². The van der Waals surface area contributed by atoms with Crippen molar-refractivity contribution in [2.45, 2.75) is 33.2 Å². The summed E-state index contributed by atoms with van der Waals surface area (Å²) in [6, 6.07) is 0.437. The van der Waals surface area contributed by atoms with Crippen molar-refractivity contribution >= 4 is 16.9 Å². The number of hydrogen-bond donors (Lipinski definition) is 1. The van der Waals surface area contributed by atoms with Gasteiger partial charge in [-0.15, -0.1) is 0 Å². The minimum atomic E-state index is 0.263. The summed E-state index contributed by atoms with van der Waals surface area (Å²) in [7, 11) is 0. The lowest BCUT2D eigenvalue weighted by molar-refractivity contribution is 0.0252. The van der Waals surface area contributed by atoms with E-state index in [4.69, 9.17) is 9.73 Å². The summed E-state index contributed by atoms with van der Waals surface area (Å²) < 4.78 is 5.34. The fourth-order valence-corrected chi connectivity index (χ4v) is 2.94. The van der Waals surface area contributed by atoms with Crippen molar-refractivity contribution in [2.24, 2.45) is 10.4 Å². The Morgan fingerprint density at radius 3 is 2.71 bits per heavy atom. The molecule has 0 saturated carbocycles. The standard InChI is InChI=1S/C12H23N3OS/c1-12(2,3)10-4-9-17-11(13-10)14-15-5-7-16-8-6-15/h10H,4-9H2,1-3H3,(H,13,14). The van der Waals surface area contributed by atoms with Gasteiger partial charge in [-0.2, -0.15) is 0 Å². The van der Waals surface area contributed by atoms with Crippen LogP contribution in [0.1, 0.15) is 27.2 Å². The molecule has 98 valence electrons. The average molecular weight is 257 g/mol.